The van der Waals surface area contributed by atoms with Crippen molar-refractivity contribution in [1.29, 1.82) is 0 Å². The lowest BCUT2D eigenvalue weighted by atomic mass is 9.98. The van der Waals surface area contributed by atoms with Gasteiger partial charge in [-0.3, -0.25) is 4.68 Å². The van der Waals surface area contributed by atoms with Crippen LogP contribution in [0.25, 0.3) is 11.1 Å². The van der Waals surface area contributed by atoms with E-state index in [-0.39, 0.29) is 6.61 Å². The van der Waals surface area contributed by atoms with Crippen LogP contribution in [0, 0.1) is 5.92 Å². The number of piperidine rings is 1. The fraction of sp³-hybridized carbons (Fsp3) is 0.438. The van der Waals surface area contributed by atoms with Crippen LogP contribution in [-0.2, 0) is 13.2 Å². The number of aliphatic hydroxyl groups excluding tert-OH is 1. The van der Waals surface area contributed by atoms with Gasteiger partial charge in [0.25, 0.3) is 6.01 Å². The molecule has 120 valence electrons. The molecule has 1 aliphatic heterocycles. The predicted molar refractivity (Wildman–Crippen MR) is 84.9 cm³/mol. The number of oxazole rings is 1. The average molecular weight is 313 g/mol. The van der Waals surface area contributed by atoms with Crippen molar-refractivity contribution in [2.75, 3.05) is 18.0 Å². The lowest BCUT2D eigenvalue weighted by Gasteiger charge is -2.31. The molecule has 0 aliphatic carbocycles. The second-order valence-corrected chi connectivity index (χ2v) is 6.01. The smallest absolute Gasteiger partial charge is 0.298 e. The number of hydrogen-bond donors (Lipinski definition) is 1. The molecule has 1 aliphatic rings. The van der Waals surface area contributed by atoms with Gasteiger partial charge in [0.05, 0.1) is 12.8 Å². The van der Waals surface area contributed by atoms with Crippen LogP contribution in [0.3, 0.4) is 0 Å². The highest BCUT2D eigenvalue weighted by molar-refractivity contribution is 5.74. The molecule has 0 spiro atoms. The molecule has 23 heavy (non-hydrogen) atoms. The van der Waals surface area contributed by atoms with Gasteiger partial charge in [0.2, 0.25) is 0 Å². The maximum absolute atomic E-state index is 9.07. The third-order valence-electron chi connectivity index (χ3n) is 4.27. The molecule has 1 N–H and O–H groups in total. The number of nitrogens with zero attached hydrogens (tertiary/aromatic N) is 5. The van der Waals surface area contributed by atoms with Crippen LogP contribution in [0.1, 0.15) is 18.5 Å². The Bertz CT molecular complexity index is 763. The normalized spacial score (nSPS) is 18.7. The van der Waals surface area contributed by atoms with Gasteiger partial charge in [0, 0.05) is 19.6 Å². The Labute approximate surface area is 133 Å². The number of hydrogen-bond acceptors (Lipinski definition) is 6. The highest BCUT2D eigenvalue weighted by Crippen LogP contribution is 2.26. The molecule has 0 radical (unpaired) electrons. The molecular weight excluding hydrogens is 294 g/mol. The van der Waals surface area contributed by atoms with E-state index in [1.165, 1.54) is 0 Å². The fourth-order valence-electron chi connectivity index (χ4n) is 3.15. The summed E-state index contributed by atoms with van der Waals surface area (Å²) in [7, 11) is 0. The van der Waals surface area contributed by atoms with Crippen LogP contribution in [-0.4, -0.2) is 38.2 Å². The Kier molecular flexibility index (Phi) is 3.70. The first-order valence-electron chi connectivity index (χ1n) is 7.92. The Morgan fingerprint density at radius 3 is 3.04 bits per heavy atom. The molecule has 0 saturated carbocycles. The topological polar surface area (TPSA) is 80.2 Å². The third kappa shape index (κ3) is 2.92. The minimum atomic E-state index is -0.0697. The van der Waals surface area contributed by atoms with Gasteiger partial charge in [-0.1, -0.05) is 17.3 Å². The Hall–Kier alpha value is -2.41. The quantitative estimate of drug-likeness (QED) is 0.791. The molecule has 1 atom stereocenters. The van der Waals surface area contributed by atoms with E-state index in [0.29, 0.717) is 17.6 Å². The molecule has 3 heterocycles. The van der Waals surface area contributed by atoms with Crippen molar-refractivity contribution in [3.63, 3.8) is 0 Å². The third-order valence-corrected chi connectivity index (χ3v) is 4.27. The number of para-hydroxylation sites is 2. The largest absolute Gasteiger partial charge is 0.423 e. The minimum Gasteiger partial charge on any atom is -0.423 e. The van der Waals surface area contributed by atoms with Gasteiger partial charge in [-0.15, -0.1) is 5.10 Å². The first-order chi connectivity index (χ1) is 11.3. The van der Waals surface area contributed by atoms with Gasteiger partial charge in [0.15, 0.2) is 5.58 Å². The van der Waals surface area contributed by atoms with Crippen molar-refractivity contribution in [2.45, 2.75) is 26.0 Å². The molecule has 7 heteroatoms. The van der Waals surface area contributed by atoms with Crippen LogP contribution in [0.2, 0.25) is 0 Å². The summed E-state index contributed by atoms with van der Waals surface area (Å²) in [6.45, 7) is 2.58. The summed E-state index contributed by atoms with van der Waals surface area (Å²) in [5.74, 6) is 0.465. The van der Waals surface area contributed by atoms with E-state index in [1.807, 2.05) is 28.9 Å². The summed E-state index contributed by atoms with van der Waals surface area (Å²) in [5, 5.41) is 17.1. The molecule has 0 unspecified atom stereocenters. The monoisotopic (exact) mass is 313 g/mol. The van der Waals surface area contributed by atoms with Crippen molar-refractivity contribution >= 4 is 17.1 Å². The molecule has 0 bridgehead atoms. The number of benzene rings is 1. The van der Waals surface area contributed by atoms with E-state index in [0.717, 1.165) is 43.6 Å². The van der Waals surface area contributed by atoms with E-state index in [2.05, 4.69) is 20.2 Å². The Morgan fingerprint density at radius 1 is 1.30 bits per heavy atom. The molecule has 3 aromatic rings. The van der Waals surface area contributed by atoms with E-state index in [1.54, 1.807) is 6.20 Å². The summed E-state index contributed by atoms with van der Waals surface area (Å²) in [5.41, 5.74) is 2.33. The molecule has 1 aromatic carbocycles. The molecule has 2 aromatic heterocycles. The summed E-state index contributed by atoms with van der Waals surface area (Å²) in [6.07, 6.45) is 4.05. The number of fused-ring (bicyclic) bond motifs is 1. The Morgan fingerprint density at radius 2 is 2.22 bits per heavy atom. The predicted octanol–water partition coefficient (Wildman–Crippen LogP) is 1.83. The number of anilines is 1. The SMILES string of the molecule is OCc1cn(C[C@H]2CCCN(c3nc4ccccc4o3)C2)nn1. The van der Waals surface area contributed by atoms with E-state index >= 15 is 0 Å². The van der Waals surface area contributed by atoms with E-state index < -0.39 is 0 Å². The molecular formula is C16H19N5O2. The van der Waals surface area contributed by atoms with Crippen molar-refractivity contribution in [2.24, 2.45) is 5.92 Å². The van der Waals surface area contributed by atoms with E-state index in [4.69, 9.17) is 9.52 Å². The zero-order valence-corrected chi connectivity index (χ0v) is 12.8. The summed E-state index contributed by atoms with van der Waals surface area (Å²) >= 11 is 0. The Balaban J connectivity index is 1.47. The molecule has 0 amide bonds. The van der Waals surface area contributed by atoms with Crippen LogP contribution in [0.5, 0.6) is 0 Å². The van der Waals surface area contributed by atoms with Gasteiger partial charge in [-0.25, -0.2) is 0 Å². The first kappa shape index (κ1) is 14.2. The fourth-order valence-corrected chi connectivity index (χ4v) is 3.15. The molecule has 1 saturated heterocycles. The maximum atomic E-state index is 9.07. The van der Waals surface area contributed by atoms with E-state index in [9.17, 15) is 0 Å². The first-order valence-corrected chi connectivity index (χ1v) is 7.92. The molecule has 1 fully saturated rings. The number of aromatic nitrogens is 4. The van der Waals surface area contributed by atoms with Gasteiger partial charge in [-0.2, -0.15) is 4.98 Å². The van der Waals surface area contributed by atoms with Crippen molar-refractivity contribution in [3.8, 4) is 0 Å². The minimum absolute atomic E-state index is 0.0697. The standard InChI is InChI=1S/C16H19N5O2/c22-11-13-10-21(19-18-13)9-12-4-3-7-20(8-12)16-17-14-5-1-2-6-15(14)23-16/h1-2,5-6,10,12,22H,3-4,7-9,11H2/t12-/m0/s1. The zero-order valence-electron chi connectivity index (χ0n) is 12.8. The molecule has 7 nitrogen and oxygen atoms in total. The lowest BCUT2D eigenvalue weighted by Crippen LogP contribution is -2.37. The zero-order chi connectivity index (χ0) is 15.6. The molecule has 4 rings (SSSR count). The van der Waals surface area contributed by atoms with Crippen molar-refractivity contribution in [3.05, 3.63) is 36.2 Å². The lowest BCUT2D eigenvalue weighted by molar-refractivity contribution is 0.276. The average Bonchev–Trinajstić information content (AvgIpc) is 3.21. The highest BCUT2D eigenvalue weighted by atomic mass is 16.4. The van der Waals surface area contributed by atoms with Gasteiger partial charge < -0.3 is 14.4 Å². The van der Waals surface area contributed by atoms with Crippen LogP contribution in [0.15, 0.2) is 34.9 Å². The maximum Gasteiger partial charge on any atom is 0.298 e. The van der Waals surface area contributed by atoms with Crippen LogP contribution >= 0.6 is 0 Å². The van der Waals surface area contributed by atoms with Gasteiger partial charge in [0.1, 0.15) is 11.2 Å². The van der Waals surface area contributed by atoms with Crippen molar-refractivity contribution in [1.82, 2.24) is 20.0 Å². The number of aliphatic hydroxyl groups is 1. The van der Waals surface area contributed by atoms with Crippen molar-refractivity contribution < 1.29 is 9.52 Å². The number of rotatable bonds is 4. The second kappa shape index (κ2) is 6.00. The van der Waals surface area contributed by atoms with Gasteiger partial charge in [-0.05, 0) is 30.9 Å². The van der Waals surface area contributed by atoms with Crippen LogP contribution < -0.4 is 4.90 Å². The van der Waals surface area contributed by atoms with Crippen LogP contribution in [0.4, 0.5) is 6.01 Å². The summed E-state index contributed by atoms with van der Waals surface area (Å²) < 4.78 is 7.69. The second-order valence-electron chi connectivity index (χ2n) is 6.01. The highest BCUT2D eigenvalue weighted by Gasteiger charge is 2.24. The summed E-state index contributed by atoms with van der Waals surface area (Å²) in [4.78, 5) is 6.79. The van der Waals surface area contributed by atoms with Gasteiger partial charge >= 0.3 is 0 Å². The summed E-state index contributed by atoms with van der Waals surface area (Å²) in [6, 6.07) is 8.54.